The first-order chi connectivity index (χ1) is 14.1. The molecule has 4 N–H and O–H groups in total. The highest BCUT2D eigenvalue weighted by Crippen LogP contribution is 2.30. The van der Waals surface area contributed by atoms with E-state index in [4.69, 9.17) is 17.4 Å². The molecule has 5 nitrogen and oxygen atoms in total. The molecule has 0 unspecified atom stereocenters. The number of amides is 1. The van der Waals surface area contributed by atoms with Crippen molar-refractivity contribution in [2.45, 2.75) is 31.2 Å². The molecule has 1 fully saturated rings. The van der Waals surface area contributed by atoms with Gasteiger partial charge in [-0.25, -0.2) is 0 Å². The van der Waals surface area contributed by atoms with Gasteiger partial charge >= 0.3 is 0 Å². The summed E-state index contributed by atoms with van der Waals surface area (Å²) < 4.78 is 0. The van der Waals surface area contributed by atoms with Crippen LogP contribution < -0.4 is 10.8 Å². The van der Waals surface area contributed by atoms with Crippen LogP contribution in [0.3, 0.4) is 0 Å². The molecule has 0 aliphatic heterocycles. The van der Waals surface area contributed by atoms with Gasteiger partial charge in [-0.2, -0.15) is 0 Å². The summed E-state index contributed by atoms with van der Waals surface area (Å²) in [7, 11) is 0. The highest BCUT2D eigenvalue weighted by Gasteiger charge is 2.34. The average molecular weight is 404 g/mol. The summed E-state index contributed by atoms with van der Waals surface area (Å²) in [5, 5.41) is 13.1. The van der Waals surface area contributed by atoms with Crippen molar-refractivity contribution < 1.29 is 10.0 Å². The minimum Gasteiger partial charge on any atom is -0.351 e. The van der Waals surface area contributed by atoms with Crippen molar-refractivity contribution in [3.05, 3.63) is 71.4 Å². The van der Waals surface area contributed by atoms with Gasteiger partial charge in [-0.3, -0.25) is 15.5 Å². The highest BCUT2D eigenvalue weighted by atomic mass is 32.1. The Morgan fingerprint density at radius 1 is 1.10 bits per heavy atom. The van der Waals surface area contributed by atoms with E-state index in [2.05, 4.69) is 22.1 Å². The van der Waals surface area contributed by atoms with Crippen molar-refractivity contribution in [1.82, 2.24) is 15.8 Å². The van der Waals surface area contributed by atoms with Crippen LogP contribution in [0.15, 0.2) is 54.6 Å². The number of thiocarbonyl (C=S) groups is 1. The number of nitrogens with one attached hydrogen (secondary N) is 3. The van der Waals surface area contributed by atoms with Crippen molar-refractivity contribution in [1.29, 1.82) is 0 Å². The predicted octanol–water partition coefficient (Wildman–Crippen LogP) is 3.92. The Balaban J connectivity index is 1.54. The Bertz CT molecular complexity index is 1080. The van der Waals surface area contributed by atoms with Gasteiger partial charge < -0.3 is 10.3 Å². The summed E-state index contributed by atoms with van der Waals surface area (Å²) in [4.78, 5) is 16.3. The highest BCUT2D eigenvalue weighted by molar-refractivity contribution is 7.80. The van der Waals surface area contributed by atoms with Crippen LogP contribution in [0.5, 0.6) is 0 Å². The molecular weight excluding hydrogens is 382 g/mol. The van der Waals surface area contributed by atoms with Gasteiger partial charge in [0.1, 0.15) is 16.2 Å². The third kappa shape index (κ3) is 4.16. The molecule has 29 heavy (non-hydrogen) atoms. The molecule has 0 atom stereocenters. The lowest BCUT2D eigenvalue weighted by Crippen LogP contribution is -2.45. The van der Waals surface area contributed by atoms with Crippen LogP contribution in [0.2, 0.25) is 0 Å². The quantitative estimate of drug-likeness (QED) is 0.304. The van der Waals surface area contributed by atoms with E-state index in [0.717, 1.165) is 47.7 Å². The van der Waals surface area contributed by atoms with Gasteiger partial charge in [0, 0.05) is 22.0 Å². The van der Waals surface area contributed by atoms with E-state index >= 15 is 0 Å². The maximum absolute atomic E-state index is 12.9. The van der Waals surface area contributed by atoms with Gasteiger partial charge in [0.25, 0.3) is 5.91 Å². The lowest BCUT2D eigenvalue weighted by molar-refractivity contribution is 0.0917. The molecular formula is C23H21N3O2S. The molecule has 6 heteroatoms. The molecule has 146 valence electrons. The van der Waals surface area contributed by atoms with Crippen molar-refractivity contribution >= 4 is 34.0 Å². The first kappa shape index (κ1) is 19.2. The van der Waals surface area contributed by atoms with Crippen LogP contribution in [0, 0.1) is 11.8 Å². The number of aromatic nitrogens is 1. The summed E-state index contributed by atoms with van der Waals surface area (Å²) >= 11 is 5.00. The Morgan fingerprint density at radius 3 is 2.52 bits per heavy atom. The number of H-pyrrole nitrogens is 1. The topological polar surface area (TPSA) is 77.2 Å². The van der Waals surface area contributed by atoms with E-state index in [1.54, 1.807) is 12.1 Å². The smallest absolute Gasteiger partial charge is 0.268 e. The number of carbonyl (C=O) groups excluding carboxylic acids is 1. The molecule has 1 aliphatic carbocycles. The van der Waals surface area contributed by atoms with E-state index in [0.29, 0.717) is 5.69 Å². The molecule has 1 saturated carbocycles. The van der Waals surface area contributed by atoms with Crippen LogP contribution in [-0.2, 0) is 0 Å². The Kier molecular flexibility index (Phi) is 5.34. The molecule has 1 heterocycles. The molecule has 1 amide bonds. The van der Waals surface area contributed by atoms with E-state index < -0.39 is 5.54 Å². The number of hydrogen-bond donors (Lipinski definition) is 4. The standard InChI is InChI=1S/C23H21N3O2S/c27-21(20-15-18-5-1-2-6-19(18)24-20)25-23(12-3-4-13-23)14-11-16-7-9-17(10-8-16)22(29)26-28/h1-2,5-10,15,24,28H,3-4,12-13H2,(H,25,27)(H,26,29). The largest absolute Gasteiger partial charge is 0.351 e. The second kappa shape index (κ2) is 8.08. The lowest BCUT2D eigenvalue weighted by atomic mass is 9.97. The van der Waals surface area contributed by atoms with Crippen LogP contribution in [-0.4, -0.2) is 26.6 Å². The van der Waals surface area contributed by atoms with Gasteiger partial charge in [-0.05, 0) is 49.9 Å². The number of hydroxylamine groups is 1. The van der Waals surface area contributed by atoms with Crippen molar-refractivity contribution in [3.8, 4) is 11.8 Å². The van der Waals surface area contributed by atoms with Gasteiger partial charge in [-0.1, -0.05) is 54.4 Å². The van der Waals surface area contributed by atoms with E-state index in [1.165, 1.54) is 0 Å². The van der Waals surface area contributed by atoms with Crippen molar-refractivity contribution in [2.75, 3.05) is 0 Å². The fourth-order valence-corrected chi connectivity index (χ4v) is 3.84. The molecule has 0 bridgehead atoms. The van der Waals surface area contributed by atoms with Crippen LogP contribution in [0.25, 0.3) is 10.9 Å². The first-order valence-electron chi connectivity index (χ1n) is 9.57. The van der Waals surface area contributed by atoms with E-state index in [1.807, 2.05) is 47.9 Å². The second-order valence-corrected chi connectivity index (χ2v) is 7.69. The third-order valence-electron chi connectivity index (χ3n) is 5.28. The van der Waals surface area contributed by atoms with E-state index in [9.17, 15) is 4.79 Å². The summed E-state index contributed by atoms with van der Waals surface area (Å²) in [6.45, 7) is 0. The zero-order valence-corrected chi connectivity index (χ0v) is 16.6. The Labute approximate surface area is 174 Å². The summed E-state index contributed by atoms with van der Waals surface area (Å²) in [6, 6.07) is 17.0. The van der Waals surface area contributed by atoms with Gasteiger partial charge in [0.2, 0.25) is 0 Å². The molecule has 3 aromatic rings. The van der Waals surface area contributed by atoms with Crippen LogP contribution in [0.4, 0.5) is 0 Å². The second-order valence-electron chi connectivity index (χ2n) is 7.28. The van der Waals surface area contributed by atoms with Crippen LogP contribution in [0.1, 0.15) is 47.3 Å². The SMILES string of the molecule is O=C(NC1(C#Cc2ccc(C(=S)NO)cc2)CCCC1)c1cc2ccccc2[nH]1. The average Bonchev–Trinajstić information content (AvgIpc) is 3.39. The molecule has 0 radical (unpaired) electrons. The Morgan fingerprint density at radius 2 is 1.83 bits per heavy atom. The zero-order chi connectivity index (χ0) is 20.3. The number of aromatic amines is 1. The van der Waals surface area contributed by atoms with Gasteiger partial charge in [0.05, 0.1) is 0 Å². The summed E-state index contributed by atoms with van der Waals surface area (Å²) in [5.74, 6) is 6.38. The number of para-hydroxylation sites is 1. The maximum Gasteiger partial charge on any atom is 0.268 e. The summed E-state index contributed by atoms with van der Waals surface area (Å²) in [6.07, 6.45) is 3.75. The first-order valence-corrected chi connectivity index (χ1v) is 9.97. The fraction of sp³-hybridized carbons (Fsp3) is 0.217. The molecule has 0 spiro atoms. The van der Waals surface area contributed by atoms with Crippen LogP contribution >= 0.6 is 12.2 Å². The third-order valence-corrected chi connectivity index (χ3v) is 5.61. The predicted molar refractivity (Wildman–Crippen MR) is 117 cm³/mol. The number of hydrogen-bond acceptors (Lipinski definition) is 3. The van der Waals surface area contributed by atoms with Gasteiger partial charge in [-0.15, -0.1) is 0 Å². The number of carbonyl (C=O) groups is 1. The maximum atomic E-state index is 12.9. The monoisotopic (exact) mass is 403 g/mol. The lowest BCUT2D eigenvalue weighted by Gasteiger charge is -2.24. The molecule has 2 aromatic carbocycles. The molecule has 1 aromatic heterocycles. The molecule has 4 rings (SSSR count). The Hall–Kier alpha value is -3.14. The van der Waals surface area contributed by atoms with E-state index in [-0.39, 0.29) is 10.9 Å². The van der Waals surface area contributed by atoms with Gasteiger partial charge in [0.15, 0.2) is 0 Å². The molecule has 0 saturated heterocycles. The van der Waals surface area contributed by atoms with Crippen molar-refractivity contribution in [3.63, 3.8) is 0 Å². The summed E-state index contributed by atoms with van der Waals surface area (Å²) in [5.41, 5.74) is 4.50. The normalized spacial score (nSPS) is 14.8. The number of rotatable bonds is 3. The minimum atomic E-state index is -0.519. The number of fused-ring (bicyclic) bond motifs is 1. The number of benzene rings is 2. The minimum absolute atomic E-state index is 0.132. The van der Waals surface area contributed by atoms with Crippen molar-refractivity contribution in [2.24, 2.45) is 0 Å². The molecule has 1 aliphatic rings. The fourth-order valence-electron chi connectivity index (χ4n) is 3.70. The zero-order valence-electron chi connectivity index (χ0n) is 15.8.